The third-order valence-electron chi connectivity index (χ3n) is 7.22. The average Bonchev–Trinajstić information content (AvgIpc) is 3.66. The number of carboxylic acid groups (broad SMARTS) is 1. The van der Waals surface area contributed by atoms with Crippen LogP contribution < -0.4 is 21.7 Å². The number of likely N-dealkylation sites (tertiary alicyclic amines) is 1. The molecule has 7 N–H and O–H groups in total. The Morgan fingerprint density at radius 3 is 2.58 bits per heavy atom. The Hall–Kier alpha value is -3.93. The number of hydrogen-bond acceptors (Lipinski definition) is 6. The zero-order valence-corrected chi connectivity index (χ0v) is 21.1. The first kappa shape index (κ1) is 27.1. The zero-order chi connectivity index (χ0) is 27.2. The summed E-state index contributed by atoms with van der Waals surface area (Å²) in [5.41, 5.74) is 6.83. The predicted molar refractivity (Wildman–Crippen MR) is 138 cm³/mol. The van der Waals surface area contributed by atoms with Crippen LogP contribution in [0.25, 0.3) is 10.9 Å². The van der Waals surface area contributed by atoms with Crippen molar-refractivity contribution in [1.29, 1.82) is 0 Å². The lowest BCUT2D eigenvalue weighted by Gasteiger charge is -2.28. The Labute approximate surface area is 219 Å². The van der Waals surface area contributed by atoms with Gasteiger partial charge in [0.15, 0.2) is 0 Å². The van der Waals surface area contributed by atoms with E-state index in [0.29, 0.717) is 31.4 Å². The fourth-order valence-corrected chi connectivity index (χ4v) is 5.21. The Balaban J connectivity index is 1.45. The quantitative estimate of drug-likeness (QED) is 0.233. The normalized spacial score (nSPS) is 20.7. The summed E-state index contributed by atoms with van der Waals surface area (Å²) in [6.45, 7) is 1.19. The van der Waals surface area contributed by atoms with Crippen LogP contribution in [0.2, 0.25) is 0 Å². The SMILES string of the molecule is NC(=O)CCC(NC(=O)C1CCCN1C(=O)C1CCCN1)C(=O)NC(Cc1c[nH]c2ccccc12)C(=O)O. The number of para-hydroxylation sites is 1. The molecule has 1 aromatic heterocycles. The molecule has 4 rings (SSSR count). The molecule has 2 fully saturated rings. The number of rotatable bonds is 11. The van der Waals surface area contributed by atoms with E-state index in [1.54, 1.807) is 11.1 Å². The lowest BCUT2D eigenvalue weighted by atomic mass is 10.0. The van der Waals surface area contributed by atoms with Crippen LogP contribution in [-0.4, -0.2) is 81.8 Å². The summed E-state index contributed by atoms with van der Waals surface area (Å²) in [5.74, 6) is -3.28. The van der Waals surface area contributed by atoms with Gasteiger partial charge in [-0.1, -0.05) is 18.2 Å². The molecule has 0 radical (unpaired) electrons. The molecule has 0 saturated carbocycles. The Bertz CT molecular complexity index is 1210. The van der Waals surface area contributed by atoms with Crippen LogP contribution in [0.4, 0.5) is 0 Å². The van der Waals surface area contributed by atoms with Crippen molar-refractivity contribution in [3.05, 3.63) is 36.0 Å². The molecule has 2 aromatic rings. The standard InChI is InChI=1S/C26H34N6O6/c27-22(33)10-9-18(30-24(35)21-8-4-12-32(21)25(36)19-7-3-11-28-19)23(34)31-20(26(37)38)13-15-14-29-17-6-2-1-5-16(15)17/h1-2,5-6,14,18-21,28-29H,3-4,7-13H2,(H2,27,33)(H,30,35)(H,31,34)(H,37,38). The lowest BCUT2D eigenvalue weighted by Crippen LogP contribution is -2.56. The maximum absolute atomic E-state index is 13.2. The second-order valence-electron chi connectivity index (χ2n) is 9.87. The molecule has 0 spiro atoms. The highest BCUT2D eigenvalue weighted by Gasteiger charge is 2.39. The molecule has 4 atom stereocenters. The monoisotopic (exact) mass is 526 g/mol. The fraction of sp³-hybridized carbons (Fsp3) is 0.500. The number of carbonyl (C=O) groups is 5. The maximum atomic E-state index is 13.2. The second-order valence-corrected chi connectivity index (χ2v) is 9.87. The molecule has 2 saturated heterocycles. The highest BCUT2D eigenvalue weighted by atomic mass is 16.4. The number of aromatic nitrogens is 1. The van der Waals surface area contributed by atoms with Gasteiger partial charge in [-0.2, -0.15) is 0 Å². The number of nitrogens with zero attached hydrogens (tertiary/aromatic N) is 1. The molecule has 0 bridgehead atoms. The van der Waals surface area contributed by atoms with E-state index in [1.807, 2.05) is 24.3 Å². The fourth-order valence-electron chi connectivity index (χ4n) is 5.21. The Kier molecular flexibility index (Phi) is 8.62. The van der Waals surface area contributed by atoms with E-state index in [2.05, 4.69) is 20.9 Å². The number of carbonyl (C=O) groups excluding carboxylic acids is 4. The van der Waals surface area contributed by atoms with Crippen molar-refractivity contribution in [2.45, 2.75) is 69.1 Å². The number of aromatic amines is 1. The van der Waals surface area contributed by atoms with Crippen LogP contribution in [0.5, 0.6) is 0 Å². The molecular formula is C26H34N6O6. The van der Waals surface area contributed by atoms with E-state index in [0.717, 1.165) is 23.9 Å². The van der Waals surface area contributed by atoms with Crippen LogP contribution in [-0.2, 0) is 30.4 Å². The third-order valence-corrected chi connectivity index (χ3v) is 7.22. The number of nitrogens with one attached hydrogen (secondary N) is 4. The molecule has 12 nitrogen and oxygen atoms in total. The summed E-state index contributed by atoms with van der Waals surface area (Å²) in [6, 6.07) is 3.89. The number of hydrogen-bond donors (Lipinski definition) is 6. The number of benzene rings is 1. The molecule has 2 aliphatic heterocycles. The van der Waals surface area contributed by atoms with Gasteiger partial charge < -0.3 is 36.7 Å². The van der Waals surface area contributed by atoms with Crippen LogP contribution in [0.3, 0.4) is 0 Å². The summed E-state index contributed by atoms with van der Waals surface area (Å²) < 4.78 is 0. The molecule has 4 unspecified atom stereocenters. The van der Waals surface area contributed by atoms with Gasteiger partial charge in [-0.05, 0) is 50.3 Å². The number of aliphatic carboxylic acids is 1. The zero-order valence-electron chi connectivity index (χ0n) is 21.1. The van der Waals surface area contributed by atoms with E-state index in [1.165, 1.54) is 0 Å². The van der Waals surface area contributed by atoms with Gasteiger partial charge in [-0.25, -0.2) is 4.79 Å². The summed E-state index contributed by atoms with van der Waals surface area (Å²) in [6.07, 6.45) is 4.13. The molecule has 3 heterocycles. The van der Waals surface area contributed by atoms with Crippen LogP contribution in [0.15, 0.2) is 30.5 Å². The number of carboxylic acids is 1. The Morgan fingerprint density at radius 1 is 1.08 bits per heavy atom. The topological polar surface area (TPSA) is 187 Å². The van der Waals surface area contributed by atoms with Crippen molar-refractivity contribution >= 4 is 40.5 Å². The summed E-state index contributed by atoms with van der Waals surface area (Å²) in [5, 5.41) is 19.0. The van der Waals surface area contributed by atoms with Gasteiger partial charge in [0, 0.05) is 36.5 Å². The highest BCUT2D eigenvalue weighted by molar-refractivity contribution is 5.95. The maximum Gasteiger partial charge on any atom is 0.326 e. The first-order valence-electron chi connectivity index (χ1n) is 13.0. The smallest absolute Gasteiger partial charge is 0.326 e. The van der Waals surface area contributed by atoms with E-state index >= 15 is 0 Å². The number of nitrogens with two attached hydrogens (primary N) is 1. The van der Waals surface area contributed by atoms with Crippen molar-refractivity contribution in [3.8, 4) is 0 Å². The minimum Gasteiger partial charge on any atom is -0.480 e. The van der Waals surface area contributed by atoms with Gasteiger partial charge in [0.2, 0.25) is 23.6 Å². The third kappa shape index (κ3) is 6.31. The number of fused-ring (bicyclic) bond motifs is 1. The van der Waals surface area contributed by atoms with E-state index in [-0.39, 0.29) is 31.2 Å². The summed E-state index contributed by atoms with van der Waals surface area (Å²) >= 11 is 0. The molecule has 4 amide bonds. The van der Waals surface area contributed by atoms with Crippen molar-refractivity contribution < 1.29 is 29.1 Å². The molecule has 2 aliphatic rings. The summed E-state index contributed by atoms with van der Waals surface area (Å²) in [7, 11) is 0. The van der Waals surface area contributed by atoms with Gasteiger partial charge >= 0.3 is 5.97 Å². The van der Waals surface area contributed by atoms with Crippen molar-refractivity contribution in [1.82, 2.24) is 25.8 Å². The van der Waals surface area contributed by atoms with Crippen LogP contribution >= 0.6 is 0 Å². The van der Waals surface area contributed by atoms with Crippen molar-refractivity contribution in [2.24, 2.45) is 5.73 Å². The molecule has 1 aromatic carbocycles. The van der Waals surface area contributed by atoms with Crippen molar-refractivity contribution in [2.75, 3.05) is 13.1 Å². The van der Waals surface area contributed by atoms with Crippen LogP contribution in [0.1, 0.15) is 44.1 Å². The first-order chi connectivity index (χ1) is 18.2. The molecule has 38 heavy (non-hydrogen) atoms. The number of H-pyrrole nitrogens is 1. The minimum atomic E-state index is -1.27. The van der Waals surface area contributed by atoms with Gasteiger partial charge in [0.25, 0.3) is 0 Å². The van der Waals surface area contributed by atoms with E-state index in [9.17, 15) is 29.1 Å². The van der Waals surface area contributed by atoms with Gasteiger partial charge in [-0.3, -0.25) is 19.2 Å². The van der Waals surface area contributed by atoms with E-state index < -0.39 is 41.8 Å². The van der Waals surface area contributed by atoms with Gasteiger partial charge in [-0.15, -0.1) is 0 Å². The number of amides is 4. The summed E-state index contributed by atoms with van der Waals surface area (Å²) in [4.78, 5) is 67.4. The van der Waals surface area contributed by atoms with E-state index in [4.69, 9.17) is 5.73 Å². The molecular weight excluding hydrogens is 492 g/mol. The van der Waals surface area contributed by atoms with Crippen molar-refractivity contribution in [3.63, 3.8) is 0 Å². The molecule has 12 heteroatoms. The highest BCUT2D eigenvalue weighted by Crippen LogP contribution is 2.22. The van der Waals surface area contributed by atoms with Gasteiger partial charge in [0.1, 0.15) is 18.1 Å². The molecule has 0 aliphatic carbocycles. The Morgan fingerprint density at radius 2 is 1.87 bits per heavy atom. The average molecular weight is 527 g/mol. The second kappa shape index (κ2) is 12.1. The first-order valence-corrected chi connectivity index (χ1v) is 13.0. The minimum absolute atomic E-state index is 0.0147. The van der Waals surface area contributed by atoms with Gasteiger partial charge in [0.05, 0.1) is 6.04 Å². The lowest BCUT2D eigenvalue weighted by molar-refractivity contribution is -0.143. The number of primary amides is 1. The predicted octanol–water partition coefficient (Wildman–Crippen LogP) is -0.227. The largest absolute Gasteiger partial charge is 0.480 e. The molecule has 204 valence electrons. The van der Waals surface area contributed by atoms with Crippen LogP contribution in [0, 0.1) is 0 Å².